The highest BCUT2D eigenvalue weighted by molar-refractivity contribution is 6.10. The van der Waals surface area contributed by atoms with Crippen molar-refractivity contribution in [2.45, 2.75) is 39.5 Å². The van der Waals surface area contributed by atoms with Crippen LogP contribution in [0.3, 0.4) is 0 Å². The summed E-state index contributed by atoms with van der Waals surface area (Å²) in [5.41, 5.74) is 2.74. The lowest BCUT2D eigenvalue weighted by Gasteiger charge is -2.13. The van der Waals surface area contributed by atoms with Crippen LogP contribution < -0.4 is 0 Å². The van der Waals surface area contributed by atoms with Gasteiger partial charge in [-0.15, -0.1) is 0 Å². The second kappa shape index (κ2) is 7.02. The molecule has 1 aromatic carbocycles. The maximum Gasteiger partial charge on any atom is 0.308 e. The van der Waals surface area contributed by atoms with Crippen LogP contribution in [0.2, 0.25) is 0 Å². The highest BCUT2D eigenvalue weighted by atomic mass is 16.5. The number of ketones is 1. The van der Waals surface area contributed by atoms with Crippen LogP contribution in [0.1, 0.15) is 43.7 Å². The van der Waals surface area contributed by atoms with E-state index >= 15 is 0 Å². The quantitative estimate of drug-likeness (QED) is 0.477. The Morgan fingerprint density at radius 2 is 1.86 bits per heavy atom. The first kappa shape index (κ1) is 15.2. The van der Waals surface area contributed by atoms with Gasteiger partial charge in [0.25, 0.3) is 0 Å². The van der Waals surface area contributed by atoms with Crippen molar-refractivity contribution in [1.29, 1.82) is 0 Å². The van der Waals surface area contributed by atoms with Gasteiger partial charge in [0.1, 0.15) is 0 Å². The fourth-order valence-electron chi connectivity index (χ4n) is 2.31. The van der Waals surface area contributed by atoms with Crippen molar-refractivity contribution >= 4 is 17.8 Å². The van der Waals surface area contributed by atoms with Crippen LogP contribution in [0.5, 0.6) is 0 Å². The molecule has 3 nitrogen and oxygen atoms in total. The number of benzene rings is 1. The molecule has 0 N–H and O–H groups in total. The summed E-state index contributed by atoms with van der Waals surface area (Å²) in [5.74, 6) is -0.539. The van der Waals surface area contributed by atoms with Gasteiger partial charge >= 0.3 is 5.97 Å². The third-order valence-electron chi connectivity index (χ3n) is 3.44. The predicted molar refractivity (Wildman–Crippen MR) is 82.5 cm³/mol. The van der Waals surface area contributed by atoms with Crippen LogP contribution in [-0.2, 0) is 14.3 Å². The van der Waals surface area contributed by atoms with E-state index in [1.807, 2.05) is 37.3 Å². The smallest absolute Gasteiger partial charge is 0.308 e. The summed E-state index contributed by atoms with van der Waals surface area (Å²) in [5, 5.41) is 0. The van der Waals surface area contributed by atoms with Crippen molar-refractivity contribution in [2.24, 2.45) is 0 Å². The van der Waals surface area contributed by atoms with Gasteiger partial charge in [-0.3, -0.25) is 9.59 Å². The monoisotopic (exact) mass is 284 g/mol. The average Bonchev–Trinajstić information content (AvgIpc) is 2.48. The standard InChI is InChI=1S/C18H20O3/c1-13-8-10-15(11-9-13)12-17(21-14(2)19)18(20)16-6-4-3-5-7-16/h6,8-12H,3-5,7H2,1-2H3/b17-12-. The topological polar surface area (TPSA) is 43.4 Å². The molecule has 0 aliphatic heterocycles. The summed E-state index contributed by atoms with van der Waals surface area (Å²) in [6, 6.07) is 7.73. The molecule has 21 heavy (non-hydrogen) atoms. The number of carbonyl (C=O) groups excluding carboxylic acids is 2. The summed E-state index contributed by atoms with van der Waals surface area (Å²) in [4.78, 5) is 23.7. The first-order valence-corrected chi connectivity index (χ1v) is 7.27. The van der Waals surface area contributed by atoms with E-state index in [-0.39, 0.29) is 11.5 Å². The minimum atomic E-state index is -0.474. The van der Waals surface area contributed by atoms with E-state index in [0.29, 0.717) is 0 Å². The normalized spacial score (nSPS) is 15.3. The molecular weight excluding hydrogens is 264 g/mol. The Balaban J connectivity index is 2.28. The van der Waals surface area contributed by atoms with Gasteiger partial charge in [0.15, 0.2) is 5.76 Å². The van der Waals surface area contributed by atoms with Gasteiger partial charge in [-0.05, 0) is 49.8 Å². The lowest BCUT2D eigenvalue weighted by atomic mass is 9.95. The molecule has 1 aliphatic rings. The number of allylic oxidation sites excluding steroid dienone is 2. The Bertz CT molecular complexity index is 591. The van der Waals surface area contributed by atoms with E-state index in [9.17, 15) is 9.59 Å². The summed E-state index contributed by atoms with van der Waals surface area (Å²) in [7, 11) is 0. The van der Waals surface area contributed by atoms with Gasteiger partial charge < -0.3 is 4.74 Å². The van der Waals surface area contributed by atoms with Gasteiger partial charge in [0.05, 0.1) is 0 Å². The Kier molecular flexibility index (Phi) is 5.09. The molecule has 0 amide bonds. The number of carbonyl (C=O) groups is 2. The Labute approximate surface area is 125 Å². The van der Waals surface area contributed by atoms with Crippen molar-refractivity contribution in [3.8, 4) is 0 Å². The van der Waals surface area contributed by atoms with Crippen molar-refractivity contribution in [2.75, 3.05) is 0 Å². The van der Waals surface area contributed by atoms with E-state index < -0.39 is 5.97 Å². The maximum absolute atomic E-state index is 12.5. The number of hydrogen-bond acceptors (Lipinski definition) is 3. The Morgan fingerprint density at radius 1 is 1.14 bits per heavy atom. The van der Waals surface area contributed by atoms with E-state index in [1.54, 1.807) is 6.08 Å². The average molecular weight is 284 g/mol. The van der Waals surface area contributed by atoms with Crippen LogP contribution in [0, 0.1) is 6.92 Å². The van der Waals surface area contributed by atoms with E-state index in [2.05, 4.69) is 0 Å². The minimum Gasteiger partial charge on any atom is -0.422 e. The number of ether oxygens (including phenoxy) is 1. The molecule has 110 valence electrons. The molecule has 0 fully saturated rings. The first-order chi connectivity index (χ1) is 10.1. The Morgan fingerprint density at radius 3 is 2.43 bits per heavy atom. The van der Waals surface area contributed by atoms with Crippen molar-refractivity contribution < 1.29 is 14.3 Å². The summed E-state index contributed by atoms with van der Waals surface area (Å²) >= 11 is 0. The zero-order chi connectivity index (χ0) is 15.2. The minimum absolute atomic E-state index is 0.111. The Hall–Kier alpha value is -2.16. The molecular formula is C18H20O3. The molecule has 0 unspecified atom stereocenters. The van der Waals surface area contributed by atoms with Crippen molar-refractivity contribution in [1.82, 2.24) is 0 Å². The number of hydrogen-bond donors (Lipinski definition) is 0. The maximum atomic E-state index is 12.5. The summed E-state index contributed by atoms with van der Waals surface area (Å²) in [6.45, 7) is 3.31. The fourth-order valence-corrected chi connectivity index (χ4v) is 2.31. The third kappa shape index (κ3) is 4.42. The number of rotatable bonds is 4. The van der Waals surface area contributed by atoms with E-state index in [4.69, 9.17) is 4.74 Å². The SMILES string of the molecule is CC(=O)O/C(=C\c1ccc(C)cc1)C(=O)C1=CCCCC1. The number of Topliss-reactive ketones (excluding diaryl/α,β-unsaturated/α-hetero) is 1. The lowest BCUT2D eigenvalue weighted by molar-refractivity contribution is -0.139. The van der Waals surface area contributed by atoms with Crippen LogP contribution in [0.4, 0.5) is 0 Å². The van der Waals surface area contributed by atoms with Crippen LogP contribution in [-0.4, -0.2) is 11.8 Å². The molecule has 2 rings (SSSR count). The molecule has 0 aromatic heterocycles. The van der Waals surface area contributed by atoms with Gasteiger partial charge in [-0.1, -0.05) is 35.9 Å². The molecule has 0 radical (unpaired) electrons. The number of esters is 1. The fraction of sp³-hybridized carbons (Fsp3) is 0.333. The molecule has 1 aliphatic carbocycles. The van der Waals surface area contributed by atoms with Gasteiger partial charge in [0.2, 0.25) is 5.78 Å². The zero-order valence-electron chi connectivity index (χ0n) is 12.5. The molecule has 1 aromatic rings. The van der Waals surface area contributed by atoms with Crippen LogP contribution in [0.25, 0.3) is 6.08 Å². The van der Waals surface area contributed by atoms with Gasteiger partial charge in [-0.2, -0.15) is 0 Å². The largest absolute Gasteiger partial charge is 0.422 e. The first-order valence-electron chi connectivity index (χ1n) is 7.27. The molecule has 0 spiro atoms. The number of aryl methyl sites for hydroxylation is 1. The molecule has 0 bridgehead atoms. The van der Waals surface area contributed by atoms with Crippen molar-refractivity contribution in [3.63, 3.8) is 0 Å². The van der Waals surface area contributed by atoms with E-state index in [1.165, 1.54) is 6.92 Å². The molecule has 0 saturated carbocycles. The van der Waals surface area contributed by atoms with Gasteiger partial charge in [0, 0.05) is 6.92 Å². The van der Waals surface area contributed by atoms with E-state index in [0.717, 1.165) is 42.4 Å². The van der Waals surface area contributed by atoms with Gasteiger partial charge in [-0.25, -0.2) is 0 Å². The summed E-state index contributed by atoms with van der Waals surface area (Å²) in [6.07, 6.45) is 7.39. The second-order valence-corrected chi connectivity index (χ2v) is 5.32. The predicted octanol–water partition coefficient (Wildman–Crippen LogP) is 3.97. The molecule has 0 heterocycles. The van der Waals surface area contributed by atoms with Crippen LogP contribution >= 0.6 is 0 Å². The highest BCUT2D eigenvalue weighted by Crippen LogP contribution is 2.22. The highest BCUT2D eigenvalue weighted by Gasteiger charge is 2.19. The van der Waals surface area contributed by atoms with Crippen LogP contribution in [0.15, 0.2) is 41.7 Å². The zero-order valence-corrected chi connectivity index (χ0v) is 12.5. The third-order valence-corrected chi connectivity index (χ3v) is 3.44. The molecule has 0 saturated heterocycles. The van der Waals surface area contributed by atoms with Crippen molar-refractivity contribution in [3.05, 3.63) is 52.8 Å². The molecule has 0 atom stereocenters. The summed E-state index contributed by atoms with van der Waals surface area (Å²) < 4.78 is 5.13. The second-order valence-electron chi connectivity index (χ2n) is 5.32. The molecule has 3 heteroatoms. The lowest BCUT2D eigenvalue weighted by Crippen LogP contribution is -2.13.